The number of rotatable bonds is 4. The minimum atomic E-state index is -1.06. The van der Waals surface area contributed by atoms with Crippen LogP contribution >= 0.6 is 0 Å². The first kappa shape index (κ1) is 13.7. The second kappa shape index (κ2) is 5.93. The SMILES string of the molecule is N#Cc1ccccc1NCC(=O)c1ccc(F)c(F)c1. The van der Waals surface area contributed by atoms with Gasteiger partial charge in [-0.15, -0.1) is 0 Å². The molecular formula is C15H10F2N2O. The molecule has 0 bridgehead atoms. The van der Waals surface area contributed by atoms with E-state index in [9.17, 15) is 13.6 Å². The quantitative estimate of drug-likeness (QED) is 0.870. The first-order valence-corrected chi connectivity index (χ1v) is 5.83. The lowest BCUT2D eigenvalue weighted by molar-refractivity contribution is 0.101. The van der Waals surface area contributed by atoms with Gasteiger partial charge in [0, 0.05) is 5.56 Å². The van der Waals surface area contributed by atoms with Gasteiger partial charge in [0.25, 0.3) is 0 Å². The molecule has 0 fully saturated rings. The van der Waals surface area contributed by atoms with Gasteiger partial charge < -0.3 is 5.32 Å². The fraction of sp³-hybridized carbons (Fsp3) is 0.0667. The molecule has 0 unspecified atom stereocenters. The third-order valence-electron chi connectivity index (χ3n) is 2.73. The number of ketones is 1. The van der Waals surface area contributed by atoms with Crippen LogP contribution in [0.5, 0.6) is 0 Å². The molecule has 0 saturated carbocycles. The monoisotopic (exact) mass is 272 g/mol. The predicted octanol–water partition coefficient (Wildman–Crippen LogP) is 3.13. The molecule has 3 nitrogen and oxygen atoms in total. The summed E-state index contributed by atoms with van der Waals surface area (Å²) in [5.41, 5.74) is 1.00. The molecule has 0 aliphatic heterocycles. The first-order valence-electron chi connectivity index (χ1n) is 5.83. The maximum Gasteiger partial charge on any atom is 0.181 e. The summed E-state index contributed by atoms with van der Waals surface area (Å²) in [6.07, 6.45) is 0. The predicted molar refractivity (Wildman–Crippen MR) is 70.3 cm³/mol. The second-order valence-electron chi connectivity index (χ2n) is 4.06. The Morgan fingerprint density at radius 1 is 1.15 bits per heavy atom. The van der Waals surface area contributed by atoms with Crippen LogP contribution in [0.1, 0.15) is 15.9 Å². The Hall–Kier alpha value is -2.74. The van der Waals surface area contributed by atoms with E-state index in [1.54, 1.807) is 24.3 Å². The highest BCUT2D eigenvalue weighted by Crippen LogP contribution is 2.14. The van der Waals surface area contributed by atoms with Crippen LogP contribution in [-0.2, 0) is 0 Å². The Morgan fingerprint density at radius 2 is 1.90 bits per heavy atom. The normalized spacial score (nSPS) is 9.85. The average molecular weight is 272 g/mol. The first-order chi connectivity index (χ1) is 9.61. The topological polar surface area (TPSA) is 52.9 Å². The summed E-state index contributed by atoms with van der Waals surface area (Å²) in [5.74, 6) is -2.45. The average Bonchev–Trinajstić information content (AvgIpc) is 2.47. The number of anilines is 1. The Balaban J connectivity index is 2.09. The van der Waals surface area contributed by atoms with Crippen LogP contribution in [-0.4, -0.2) is 12.3 Å². The number of hydrogen-bond acceptors (Lipinski definition) is 3. The zero-order valence-electron chi connectivity index (χ0n) is 10.4. The Morgan fingerprint density at radius 3 is 2.60 bits per heavy atom. The molecule has 0 aromatic heterocycles. The Kier molecular flexibility index (Phi) is 4.06. The number of nitriles is 1. The van der Waals surface area contributed by atoms with Crippen LogP contribution in [0.2, 0.25) is 0 Å². The number of para-hydroxylation sites is 1. The van der Waals surface area contributed by atoms with E-state index >= 15 is 0 Å². The number of nitrogens with zero attached hydrogens (tertiary/aromatic N) is 1. The molecule has 0 spiro atoms. The number of nitrogens with one attached hydrogen (secondary N) is 1. The molecule has 0 amide bonds. The highest BCUT2D eigenvalue weighted by Gasteiger charge is 2.10. The minimum Gasteiger partial charge on any atom is -0.377 e. The third-order valence-corrected chi connectivity index (χ3v) is 2.73. The maximum absolute atomic E-state index is 13.0. The van der Waals surface area contributed by atoms with Crippen LogP contribution in [0.25, 0.3) is 0 Å². The molecule has 0 heterocycles. The molecule has 5 heteroatoms. The van der Waals surface area contributed by atoms with E-state index in [2.05, 4.69) is 5.32 Å². The highest BCUT2D eigenvalue weighted by atomic mass is 19.2. The molecule has 0 saturated heterocycles. The number of carbonyl (C=O) groups is 1. The Bertz CT molecular complexity index is 693. The van der Waals surface area contributed by atoms with Gasteiger partial charge in [-0.3, -0.25) is 4.79 Å². The van der Waals surface area contributed by atoms with Crippen molar-refractivity contribution in [2.24, 2.45) is 0 Å². The summed E-state index contributed by atoms with van der Waals surface area (Å²) in [6, 6.07) is 11.7. The summed E-state index contributed by atoms with van der Waals surface area (Å²) in [5, 5.41) is 11.7. The summed E-state index contributed by atoms with van der Waals surface area (Å²) >= 11 is 0. The molecular weight excluding hydrogens is 262 g/mol. The molecule has 0 atom stereocenters. The molecule has 0 aliphatic carbocycles. The van der Waals surface area contributed by atoms with Gasteiger partial charge in [-0.1, -0.05) is 12.1 Å². The van der Waals surface area contributed by atoms with Gasteiger partial charge in [0.15, 0.2) is 17.4 Å². The lowest BCUT2D eigenvalue weighted by Crippen LogP contribution is -2.15. The number of benzene rings is 2. The van der Waals surface area contributed by atoms with Crippen LogP contribution in [0.3, 0.4) is 0 Å². The van der Waals surface area contributed by atoms with E-state index in [-0.39, 0.29) is 12.1 Å². The zero-order valence-corrected chi connectivity index (χ0v) is 10.4. The smallest absolute Gasteiger partial charge is 0.181 e. The maximum atomic E-state index is 13.0. The van der Waals surface area contributed by atoms with Crippen molar-refractivity contribution in [3.63, 3.8) is 0 Å². The summed E-state index contributed by atoms with van der Waals surface area (Å²) < 4.78 is 25.8. The van der Waals surface area contributed by atoms with E-state index in [4.69, 9.17) is 5.26 Å². The van der Waals surface area contributed by atoms with Crippen molar-refractivity contribution in [2.45, 2.75) is 0 Å². The number of Topliss-reactive ketones (excluding diaryl/α,β-unsaturated/α-hetero) is 1. The van der Waals surface area contributed by atoms with Crippen molar-refractivity contribution in [3.8, 4) is 6.07 Å². The van der Waals surface area contributed by atoms with Gasteiger partial charge in [0.05, 0.1) is 17.8 Å². The van der Waals surface area contributed by atoms with Crippen molar-refractivity contribution in [3.05, 3.63) is 65.2 Å². The molecule has 2 rings (SSSR count). The number of halogens is 2. The molecule has 0 aliphatic rings. The third kappa shape index (κ3) is 2.98. The summed E-state index contributed by atoms with van der Waals surface area (Å²) in [4.78, 5) is 11.8. The van der Waals surface area contributed by atoms with Crippen molar-refractivity contribution in [2.75, 3.05) is 11.9 Å². The van der Waals surface area contributed by atoms with Crippen LogP contribution in [0, 0.1) is 23.0 Å². The minimum absolute atomic E-state index is 0.0749. The van der Waals surface area contributed by atoms with Crippen LogP contribution in [0.15, 0.2) is 42.5 Å². The highest BCUT2D eigenvalue weighted by molar-refractivity contribution is 5.99. The van der Waals surface area contributed by atoms with Gasteiger partial charge >= 0.3 is 0 Å². The lowest BCUT2D eigenvalue weighted by atomic mass is 10.1. The number of carbonyl (C=O) groups excluding carboxylic acids is 1. The zero-order chi connectivity index (χ0) is 14.5. The van der Waals surface area contributed by atoms with Gasteiger partial charge in [-0.25, -0.2) is 8.78 Å². The fourth-order valence-electron chi connectivity index (χ4n) is 1.68. The Labute approximate surface area is 114 Å². The van der Waals surface area contributed by atoms with E-state index in [0.29, 0.717) is 11.3 Å². The van der Waals surface area contributed by atoms with E-state index < -0.39 is 17.4 Å². The van der Waals surface area contributed by atoms with E-state index in [1.165, 1.54) is 6.07 Å². The molecule has 2 aromatic carbocycles. The molecule has 2 aromatic rings. The van der Waals surface area contributed by atoms with Crippen molar-refractivity contribution in [1.29, 1.82) is 5.26 Å². The summed E-state index contributed by atoms with van der Waals surface area (Å²) in [6.45, 7) is -0.107. The van der Waals surface area contributed by atoms with E-state index in [1.807, 2.05) is 6.07 Å². The lowest BCUT2D eigenvalue weighted by Gasteiger charge is -2.07. The van der Waals surface area contributed by atoms with Crippen LogP contribution in [0.4, 0.5) is 14.5 Å². The van der Waals surface area contributed by atoms with Crippen molar-refractivity contribution >= 4 is 11.5 Å². The van der Waals surface area contributed by atoms with Gasteiger partial charge in [0.1, 0.15) is 6.07 Å². The standard InChI is InChI=1S/C15H10F2N2O/c16-12-6-5-10(7-13(12)17)15(20)9-19-14-4-2-1-3-11(14)8-18/h1-7,19H,9H2. The number of hydrogen-bond donors (Lipinski definition) is 1. The van der Waals surface area contributed by atoms with Gasteiger partial charge in [0.2, 0.25) is 0 Å². The largest absolute Gasteiger partial charge is 0.377 e. The molecule has 20 heavy (non-hydrogen) atoms. The van der Waals surface area contributed by atoms with Gasteiger partial charge in [-0.2, -0.15) is 5.26 Å². The van der Waals surface area contributed by atoms with Gasteiger partial charge in [-0.05, 0) is 30.3 Å². The summed E-state index contributed by atoms with van der Waals surface area (Å²) in [7, 11) is 0. The van der Waals surface area contributed by atoms with Crippen LogP contribution < -0.4 is 5.32 Å². The fourth-order valence-corrected chi connectivity index (χ4v) is 1.68. The second-order valence-corrected chi connectivity index (χ2v) is 4.06. The molecule has 100 valence electrons. The van der Waals surface area contributed by atoms with Crippen molar-refractivity contribution < 1.29 is 13.6 Å². The molecule has 0 radical (unpaired) electrons. The van der Waals surface area contributed by atoms with E-state index in [0.717, 1.165) is 12.1 Å². The van der Waals surface area contributed by atoms with Crippen molar-refractivity contribution in [1.82, 2.24) is 0 Å². The molecule has 1 N–H and O–H groups in total.